The van der Waals surface area contributed by atoms with Crippen LogP contribution in [0.2, 0.25) is 0 Å². The molecule has 1 aromatic heterocycles. The fourth-order valence-electron chi connectivity index (χ4n) is 0.870. The summed E-state index contributed by atoms with van der Waals surface area (Å²) in [6.07, 6.45) is 3.09. The second-order valence-corrected chi connectivity index (χ2v) is 2.45. The number of aromatic nitrogens is 1. The Morgan fingerprint density at radius 2 is 2.29 bits per heavy atom. The van der Waals surface area contributed by atoms with Crippen molar-refractivity contribution in [1.29, 1.82) is 0 Å². The zero-order valence-corrected chi connectivity index (χ0v) is 7.42. The van der Waals surface area contributed by atoms with Gasteiger partial charge in [-0.25, -0.2) is 0 Å². The lowest BCUT2D eigenvalue weighted by Crippen LogP contribution is -2.25. The standard InChI is InChI=1S/C8H9N5O/c9-13-12-6-5-11-8(14)7-1-3-10-4-2-7/h1-4H,5-6H2,(H,11,14). The van der Waals surface area contributed by atoms with Gasteiger partial charge in [-0.05, 0) is 17.7 Å². The average molecular weight is 191 g/mol. The molecule has 1 rings (SSSR count). The van der Waals surface area contributed by atoms with Crippen molar-refractivity contribution in [2.24, 2.45) is 5.11 Å². The van der Waals surface area contributed by atoms with Crippen molar-refractivity contribution in [3.63, 3.8) is 0 Å². The molecule has 0 spiro atoms. The second kappa shape index (κ2) is 5.55. The van der Waals surface area contributed by atoms with Crippen molar-refractivity contribution in [3.05, 3.63) is 40.5 Å². The van der Waals surface area contributed by atoms with Crippen LogP contribution in [0.5, 0.6) is 0 Å². The minimum Gasteiger partial charge on any atom is -0.352 e. The number of carbonyl (C=O) groups excluding carboxylic acids is 1. The SMILES string of the molecule is [N-]=[N+]=NCCNC(=O)c1ccncc1. The van der Waals surface area contributed by atoms with Gasteiger partial charge in [0, 0.05) is 36.0 Å². The molecule has 1 N–H and O–H groups in total. The first-order chi connectivity index (χ1) is 6.84. The molecule has 72 valence electrons. The molecular weight excluding hydrogens is 182 g/mol. The van der Waals surface area contributed by atoms with E-state index >= 15 is 0 Å². The number of nitrogens with one attached hydrogen (secondary N) is 1. The molecule has 6 heteroatoms. The molecule has 1 aromatic rings. The molecular formula is C8H9N5O. The predicted molar refractivity (Wildman–Crippen MR) is 50.6 cm³/mol. The van der Waals surface area contributed by atoms with E-state index in [1.54, 1.807) is 24.5 Å². The number of amides is 1. The van der Waals surface area contributed by atoms with Gasteiger partial charge in [0.05, 0.1) is 0 Å². The molecule has 0 aliphatic heterocycles. The van der Waals surface area contributed by atoms with Crippen LogP contribution in [0.15, 0.2) is 29.6 Å². The van der Waals surface area contributed by atoms with Gasteiger partial charge < -0.3 is 5.32 Å². The van der Waals surface area contributed by atoms with Crippen LogP contribution < -0.4 is 5.32 Å². The van der Waals surface area contributed by atoms with E-state index in [9.17, 15) is 4.79 Å². The van der Waals surface area contributed by atoms with Crippen LogP contribution in [-0.4, -0.2) is 24.0 Å². The van der Waals surface area contributed by atoms with E-state index in [4.69, 9.17) is 5.53 Å². The van der Waals surface area contributed by atoms with Crippen LogP contribution in [-0.2, 0) is 0 Å². The molecule has 0 atom stereocenters. The maximum absolute atomic E-state index is 11.3. The Kier molecular flexibility index (Phi) is 3.97. The van der Waals surface area contributed by atoms with Crippen molar-refractivity contribution in [3.8, 4) is 0 Å². The molecule has 0 aliphatic rings. The third kappa shape index (κ3) is 3.12. The molecule has 6 nitrogen and oxygen atoms in total. The Morgan fingerprint density at radius 3 is 2.93 bits per heavy atom. The van der Waals surface area contributed by atoms with E-state index in [1.165, 1.54) is 0 Å². The zero-order chi connectivity index (χ0) is 10.2. The van der Waals surface area contributed by atoms with Crippen molar-refractivity contribution in [2.45, 2.75) is 0 Å². The highest BCUT2D eigenvalue weighted by molar-refractivity contribution is 5.93. The van der Waals surface area contributed by atoms with Crippen molar-refractivity contribution < 1.29 is 4.79 Å². The maximum Gasteiger partial charge on any atom is 0.251 e. The normalized spacial score (nSPS) is 8.86. The summed E-state index contributed by atoms with van der Waals surface area (Å²) in [5, 5.41) is 5.89. The smallest absolute Gasteiger partial charge is 0.251 e. The summed E-state index contributed by atoms with van der Waals surface area (Å²) in [7, 11) is 0. The van der Waals surface area contributed by atoms with Crippen LogP contribution in [0, 0.1) is 0 Å². The molecule has 0 saturated carbocycles. The van der Waals surface area contributed by atoms with E-state index in [-0.39, 0.29) is 12.5 Å². The molecule has 0 bridgehead atoms. The Labute approximate surface area is 80.6 Å². The predicted octanol–water partition coefficient (Wildman–Crippen LogP) is 1.12. The van der Waals surface area contributed by atoms with Crippen LogP contribution >= 0.6 is 0 Å². The summed E-state index contributed by atoms with van der Waals surface area (Å²) < 4.78 is 0. The monoisotopic (exact) mass is 191 g/mol. The molecule has 1 heterocycles. The van der Waals surface area contributed by atoms with E-state index in [0.29, 0.717) is 12.1 Å². The summed E-state index contributed by atoms with van der Waals surface area (Å²) in [6, 6.07) is 3.23. The van der Waals surface area contributed by atoms with Gasteiger partial charge in [-0.2, -0.15) is 0 Å². The van der Waals surface area contributed by atoms with Crippen LogP contribution in [0.3, 0.4) is 0 Å². The first-order valence-electron chi connectivity index (χ1n) is 4.03. The fourth-order valence-corrected chi connectivity index (χ4v) is 0.870. The fraction of sp³-hybridized carbons (Fsp3) is 0.250. The minimum absolute atomic E-state index is 0.194. The van der Waals surface area contributed by atoms with E-state index in [0.717, 1.165) is 0 Å². The van der Waals surface area contributed by atoms with Crippen LogP contribution in [0.1, 0.15) is 10.4 Å². The molecule has 0 unspecified atom stereocenters. The third-order valence-electron chi connectivity index (χ3n) is 1.50. The first kappa shape index (κ1) is 10.0. The van der Waals surface area contributed by atoms with Gasteiger partial charge in [-0.3, -0.25) is 9.78 Å². The lowest BCUT2D eigenvalue weighted by molar-refractivity contribution is 0.0954. The highest BCUT2D eigenvalue weighted by atomic mass is 16.1. The molecule has 0 aromatic carbocycles. The molecule has 0 saturated heterocycles. The van der Waals surface area contributed by atoms with Gasteiger partial charge in [-0.15, -0.1) is 0 Å². The Balaban J connectivity index is 2.40. The molecule has 0 aliphatic carbocycles. The summed E-state index contributed by atoms with van der Waals surface area (Å²) in [5.41, 5.74) is 8.53. The summed E-state index contributed by atoms with van der Waals surface area (Å²) in [6.45, 7) is 0.596. The van der Waals surface area contributed by atoms with E-state index in [2.05, 4.69) is 20.3 Å². The first-order valence-corrected chi connectivity index (χ1v) is 4.03. The van der Waals surface area contributed by atoms with Crippen LogP contribution in [0.4, 0.5) is 0 Å². The highest BCUT2D eigenvalue weighted by Crippen LogP contribution is 1.94. The lowest BCUT2D eigenvalue weighted by atomic mass is 10.2. The number of pyridine rings is 1. The number of hydrogen-bond acceptors (Lipinski definition) is 3. The van der Waals surface area contributed by atoms with Crippen molar-refractivity contribution >= 4 is 5.91 Å². The lowest BCUT2D eigenvalue weighted by Gasteiger charge is -2.01. The van der Waals surface area contributed by atoms with Crippen LogP contribution in [0.25, 0.3) is 10.4 Å². The summed E-state index contributed by atoms with van der Waals surface area (Å²) in [5.74, 6) is -0.194. The van der Waals surface area contributed by atoms with Gasteiger partial charge in [0.2, 0.25) is 0 Å². The van der Waals surface area contributed by atoms with Gasteiger partial charge in [0.1, 0.15) is 0 Å². The number of carbonyl (C=O) groups is 1. The second-order valence-electron chi connectivity index (χ2n) is 2.45. The number of hydrogen-bond donors (Lipinski definition) is 1. The molecule has 1 amide bonds. The van der Waals surface area contributed by atoms with Gasteiger partial charge >= 0.3 is 0 Å². The minimum atomic E-state index is -0.194. The van der Waals surface area contributed by atoms with Gasteiger partial charge in [-0.1, -0.05) is 5.11 Å². The summed E-state index contributed by atoms with van der Waals surface area (Å²) >= 11 is 0. The Morgan fingerprint density at radius 1 is 1.57 bits per heavy atom. The summed E-state index contributed by atoms with van der Waals surface area (Å²) in [4.78, 5) is 17.7. The topological polar surface area (TPSA) is 90.8 Å². The average Bonchev–Trinajstić information content (AvgIpc) is 2.25. The molecule has 0 radical (unpaired) electrons. The molecule has 0 fully saturated rings. The Hall–Kier alpha value is -2.07. The highest BCUT2D eigenvalue weighted by Gasteiger charge is 2.01. The van der Waals surface area contributed by atoms with E-state index < -0.39 is 0 Å². The van der Waals surface area contributed by atoms with Crippen molar-refractivity contribution in [1.82, 2.24) is 10.3 Å². The van der Waals surface area contributed by atoms with Gasteiger partial charge in [0.15, 0.2) is 0 Å². The third-order valence-corrected chi connectivity index (χ3v) is 1.50. The Bertz CT molecular complexity index is 344. The quantitative estimate of drug-likeness (QED) is 0.334. The number of azide groups is 1. The number of nitrogens with zero attached hydrogens (tertiary/aromatic N) is 4. The molecule has 14 heavy (non-hydrogen) atoms. The zero-order valence-electron chi connectivity index (χ0n) is 7.42. The van der Waals surface area contributed by atoms with E-state index in [1.807, 2.05) is 0 Å². The maximum atomic E-state index is 11.3. The number of rotatable bonds is 4. The van der Waals surface area contributed by atoms with Crippen molar-refractivity contribution in [2.75, 3.05) is 13.1 Å². The largest absolute Gasteiger partial charge is 0.352 e. The van der Waals surface area contributed by atoms with Gasteiger partial charge in [0.25, 0.3) is 5.91 Å².